The van der Waals surface area contributed by atoms with Crippen LogP contribution in [0.25, 0.3) is 22.0 Å². The van der Waals surface area contributed by atoms with Gasteiger partial charge in [0.15, 0.2) is 0 Å². The van der Waals surface area contributed by atoms with Gasteiger partial charge in [0.2, 0.25) is 5.91 Å². The van der Waals surface area contributed by atoms with Gasteiger partial charge in [-0.05, 0) is 105 Å². The molecule has 2 aromatic carbocycles. The van der Waals surface area contributed by atoms with Crippen molar-refractivity contribution in [3.8, 4) is 11.1 Å². The highest BCUT2D eigenvalue weighted by atomic mass is 16.2. The standard InChI is InChI=1S/C32H37N3O2/c36-30(24-4-2-1-3-5-24)34-26-9-6-23(7-10-26)28-19-33-29-11-8-25(15-27(28)29)31(37)35-32-16-20-12-21(17-32)14-22(13-20)18-32/h6-11,15,19-22,24,33H,1-5,12-14,16-18H2,(H,34,36)(H,35,37). The minimum absolute atomic E-state index is 0.0135. The highest BCUT2D eigenvalue weighted by Crippen LogP contribution is 2.55. The molecule has 5 nitrogen and oxygen atoms in total. The Hall–Kier alpha value is -3.08. The first-order chi connectivity index (χ1) is 18.0. The van der Waals surface area contributed by atoms with Crippen LogP contribution in [-0.2, 0) is 4.79 Å². The Morgan fingerprint density at radius 2 is 1.51 bits per heavy atom. The maximum atomic E-state index is 13.5. The first-order valence-corrected chi connectivity index (χ1v) is 14.4. The van der Waals surface area contributed by atoms with E-state index in [4.69, 9.17) is 0 Å². The van der Waals surface area contributed by atoms with Crippen LogP contribution in [0, 0.1) is 23.7 Å². The van der Waals surface area contributed by atoms with Gasteiger partial charge in [-0.15, -0.1) is 0 Å². The predicted octanol–water partition coefficient (Wildman–Crippen LogP) is 7.05. The molecule has 5 aliphatic carbocycles. The number of hydrogen-bond acceptors (Lipinski definition) is 2. The van der Waals surface area contributed by atoms with E-state index in [0.29, 0.717) is 0 Å². The Morgan fingerprint density at radius 1 is 0.838 bits per heavy atom. The Labute approximate surface area is 218 Å². The van der Waals surface area contributed by atoms with Crippen molar-refractivity contribution < 1.29 is 9.59 Å². The molecule has 2 amide bonds. The van der Waals surface area contributed by atoms with E-state index >= 15 is 0 Å². The lowest BCUT2D eigenvalue weighted by molar-refractivity contribution is -0.120. The van der Waals surface area contributed by atoms with Crippen molar-refractivity contribution in [3.05, 3.63) is 54.2 Å². The van der Waals surface area contributed by atoms with E-state index in [1.165, 1.54) is 25.7 Å². The molecule has 1 aromatic heterocycles. The highest BCUT2D eigenvalue weighted by Gasteiger charge is 2.51. The molecule has 8 rings (SSSR count). The zero-order chi connectivity index (χ0) is 25.0. The van der Waals surface area contributed by atoms with Gasteiger partial charge in [0.25, 0.3) is 5.91 Å². The molecule has 3 aromatic rings. The largest absolute Gasteiger partial charge is 0.361 e. The monoisotopic (exact) mass is 495 g/mol. The van der Waals surface area contributed by atoms with Crippen molar-refractivity contribution in [3.63, 3.8) is 0 Å². The fourth-order valence-electron chi connectivity index (χ4n) is 8.42. The molecule has 5 saturated carbocycles. The summed E-state index contributed by atoms with van der Waals surface area (Å²) < 4.78 is 0. The summed E-state index contributed by atoms with van der Waals surface area (Å²) in [6, 6.07) is 14.1. The third kappa shape index (κ3) is 4.36. The van der Waals surface area contributed by atoms with E-state index in [9.17, 15) is 9.59 Å². The van der Waals surface area contributed by atoms with Crippen LogP contribution in [0.1, 0.15) is 81.0 Å². The third-order valence-electron chi connectivity index (χ3n) is 9.80. The predicted molar refractivity (Wildman–Crippen MR) is 147 cm³/mol. The summed E-state index contributed by atoms with van der Waals surface area (Å²) in [5.41, 5.74) is 4.76. The van der Waals surface area contributed by atoms with Gasteiger partial charge in [0, 0.05) is 45.4 Å². The lowest BCUT2D eigenvalue weighted by Crippen LogP contribution is -2.59. The molecule has 4 bridgehead atoms. The highest BCUT2D eigenvalue weighted by molar-refractivity contribution is 6.03. The molecule has 37 heavy (non-hydrogen) atoms. The zero-order valence-corrected chi connectivity index (χ0v) is 21.5. The summed E-state index contributed by atoms with van der Waals surface area (Å²) >= 11 is 0. The Balaban J connectivity index is 1.09. The minimum Gasteiger partial charge on any atom is -0.361 e. The van der Waals surface area contributed by atoms with Crippen molar-refractivity contribution in [1.29, 1.82) is 0 Å². The normalized spacial score (nSPS) is 28.9. The zero-order valence-electron chi connectivity index (χ0n) is 21.5. The van der Waals surface area contributed by atoms with E-state index in [1.54, 1.807) is 0 Å². The number of fused-ring (bicyclic) bond motifs is 1. The van der Waals surface area contributed by atoms with Crippen molar-refractivity contribution in [1.82, 2.24) is 10.3 Å². The van der Waals surface area contributed by atoms with Crippen LogP contribution < -0.4 is 10.6 Å². The molecule has 5 aliphatic rings. The van der Waals surface area contributed by atoms with Crippen molar-refractivity contribution in [2.45, 2.75) is 76.2 Å². The van der Waals surface area contributed by atoms with Crippen molar-refractivity contribution in [2.75, 3.05) is 5.32 Å². The Kier molecular flexibility index (Phi) is 5.63. The van der Waals surface area contributed by atoms with Gasteiger partial charge in [0.05, 0.1) is 0 Å². The molecule has 0 radical (unpaired) electrons. The Bertz CT molecular complexity index is 1300. The summed E-state index contributed by atoms with van der Waals surface area (Å²) in [7, 11) is 0. The van der Waals surface area contributed by atoms with Crippen LogP contribution in [0.2, 0.25) is 0 Å². The molecule has 0 atom stereocenters. The van der Waals surface area contributed by atoms with Crippen LogP contribution in [-0.4, -0.2) is 22.3 Å². The van der Waals surface area contributed by atoms with Crippen LogP contribution in [0.4, 0.5) is 5.69 Å². The number of benzene rings is 2. The molecule has 5 heteroatoms. The second-order valence-electron chi connectivity index (χ2n) is 12.5. The van der Waals surface area contributed by atoms with E-state index in [0.717, 1.165) is 96.0 Å². The van der Waals surface area contributed by atoms with Crippen LogP contribution >= 0.6 is 0 Å². The number of H-pyrrole nitrogens is 1. The molecule has 3 N–H and O–H groups in total. The molecular formula is C32H37N3O2. The van der Waals surface area contributed by atoms with Crippen LogP contribution in [0.15, 0.2) is 48.7 Å². The quantitative estimate of drug-likeness (QED) is 0.355. The van der Waals surface area contributed by atoms with Gasteiger partial charge in [-0.25, -0.2) is 0 Å². The number of aromatic amines is 1. The van der Waals surface area contributed by atoms with Crippen LogP contribution in [0.5, 0.6) is 0 Å². The van der Waals surface area contributed by atoms with Gasteiger partial charge in [0.1, 0.15) is 0 Å². The second kappa shape index (κ2) is 9.04. The first kappa shape index (κ1) is 23.1. The van der Waals surface area contributed by atoms with E-state index in [1.807, 2.05) is 36.5 Å². The number of carbonyl (C=O) groups excluding carboxylic acids is 2. The van der Waals surface area contributed by atoms with Gasteiger partial charge < -0.3 is 15.6 Å². The van der Waals surface area contributed by atoms with E-state index in [2.05, 4.69) is 27.8 Å². The molecular weight excluding hydrogens is 458 g/mol. The molecule has 192 valence electrons. The van der Waals surface area contributed by atoms with Crippen molar-refractivity contribution >= 4 is 28.4 Å². The summed E-state index contributed by atoms with van der Waals surface area (Å²) in [6.07, 6.45) is 15.2. The number of aromatic nitrogens is 1. The topological polar surface area (TPSA) is 74.0 Å². The fraction of sp³-hybridized carbons (Fsp3) is 0.500. The summed E-state index contributed by atoms with van der Waals surface area (Å²) in [4.78, 5) is 29.5. The third-order valence-corrected chi connectivity index (χ3v) is 9.80. The van der Waals surface area contributed by atoms with E-state index in [-0.39, 0.29) is 23.3 Å². The number of nitrogens with one attached hydrogen (secondary N) is 3. The maximum Gasteiger partial charge on any atom is 0.251 e. The lowest BCUT2D eigenvalue weighted by atomic mass is 9.53. The molecule has 0 saturated heterocycles. The second-order valence-corrected chi connectivity index (χ2v) is 12.5. The SMILES string of the molecule is O=C(NC12CC3CC(CC(C3)C1)C2)c1ccc2[nH]cc(-c3ccc(NC(=O)C4CCCCC4)cc3)c2c1. The number of amides is 2. The summed E-state index contributed by atoms with van der Waals surface area (Å²) in [5, 5.41) is 7.68. The maximum absolute atomic E-state index is 13.5. The van der Waals surface area contributed by atoms with Gasteiger partial charge >= 0.3 is 0 Å². The van der Waals surface area contributed by atoms with Crippen molar-refractivity contribution in [2.24, 2.45) is 23.7 Å². The minimum atomic E-state index is 0.0135. The Morgan fingerprint density at radius 3 is 2.19 bits per heavy atom. The molecule has 1 heterocycles. The average molecular weight is 496 g/mol. The van der Waals surface area contributed by atoms with Gasteiger partial charge in [-0.1, -0.05) is 31.4 Å². The smallest absolute Gasteiger partial charge is 0.251 e. The van der Waals surface area contributed by atoms with Crippen LogP contribution in [0.3, 0.4) is 0 Å². The average Bonchev–Trinajstić information content (AvgIpc) is 3.32. The fourth-order valence-corrected chi connectivity index (χ4v) is 8.42. The number of hydrogen-bond donors (Lipinski definition) is 3. The number of carbonyl (C=O) groups is 2. The molecule has 5 fully saturated rings. The van der Waals surface area contributed by atoms with Gasteiger partial charge in [-0.3, -0.25) is 9.59 Å². The van der Waals surface area contributed by atoms with Gasteiger partial charge in [-0.2, -0.15) is 0 Å². The molecule has 0 spiro atoms. The first-order valence-electron chi connectivity index (χ1n) is 14.4. The molecule has 0 unspecified atom stereocenters. The molecule has 0 aliphatic heterocycles. The lowest BCUT2D eigenvalue weighted by Gasteiger charge is -2.56. The summed E-state index contributed by atoms with van der Waals surface area (Å²) in [5.74, 6) is 2.78. The number of anilines is 1. The van der Waals surface area contributed by atoms with E-state index < -0.39 is 0 Å². The summed E-state index contributed by atoms with van der Waals surface area (Å²) in [6.45, 7) is 0. The number of rotatable bonds is 5.